The molecular weight excluding hydrogens is 312 g/mol. The molecular formula is C21H16N2O2. The van der Waals surface area contributed by atoms with E-state index in [2.05, 4.69) is 4.98 Å². The summed E-state index contributed by atoms with van der Waals surface area (Å²) in [5.74, 6) is 0.0986. The van der Waals surface area contributed by atoms with Crippen LogP contribution in [0.2, 0.25) is 0 Å². The molecule has 0 aliphatic rings. The van der Waals surface area contributed by atoms with E-state index in [1.54, 1.807) is 23.2 Å². The van der Waals surface area contributed by atoms with Crippen molar-refractivity contribution in [1.29, 1.82) is 0 Å². The van der Waals surface area contributed by atoms with Crippen LogP contribution in [-0.4, -0.2) is 10.9 Å². The number of aromatic nitrogens is 1. The first-order valence-electron chi connectivity index (χ1n) is 8.07. The van der Waals surface area contributed by atoms with Crippen LogP contribution in [0.15, 0.2) is 89.5 Å². The van der Waals surface area contributed by atoms with Crippen LogP contribution in [0, 0.1) is 0 Å². The Morgan fingerprint density at radius 2 is 1.64 bits per heavy atom. The second-order valence-electron chi connectivity index (χ2n) is 5.71. The maximum atomic E-state index is 13.1. The van der Waals surface area contributed by atoms with Gasteiger partial charge in [-0.2, -0.15) is 0 Å². The van der Waals surface area contributed by atoms with Gasteiger partial charge in [-0.1, -0.05) is 48.5 Å². The van der Waals surface area contributed by atoms with E-state index in [4.69, 9.17) is 4.42 Å². The van der Waals surface area contributed by atoms with E-state index in [0.717, 1.165) is 11.3 Å². The van der Waals surface area contributed by atoms with Crippen molar-refractivity contribution >= 4 is 22.7 Å². The summed E-state index contributed by atoms with van der Waals surface area (Å²) in [4.78, 5) is 19.1. The van der Waals surface area contributed by atoms with Crippen LogP contribution < -0.4 is 4.90 Å². The minimum atomic E-state index is -0.187. The first kappa shape index (κ1) is 15.1. The molecule has 0 N–H and O–H groups in total. The molecule has 0 fully saturated rings. The molecule has 0 aliphatic carbocycles. The summed E-state index contributed by atoms with van der Waals surface area (Å²) < 4.78 is 5.72. The number of pyridine rings is 1. The van der Waals surface area contributed by atoms with Gasteiger partial charge in [0.25, 0.3) is 5.91 Å². The number of fused-ring (bicyclic) bond motifs is 1. The van der Waals surface area contributed by atoms with Crippen LogP contribution in [0.25, 0.3) is 11.1 Å². The maximum absolute atomic E-state index is 13.1. The fourth-order valence-electron chi connectivity index (χ4n) is 2.76. The van der Waals surface area contributed by atoms with Gasteiger partial charge < -0.3 is 9.32 Å². The summed E-state index contributed by atoms with van der Waals surface area (Å²) in [6, 6.07) is 24.8. The zero-order valence-corrected chi connectivity index (χ0v) is 13.5. The molecule has 2 aromatic carbocycles. The van der Waals surface area contributed by atoms with Crippen molar-refractivity contribution in [1.82, 2.24) is 4.98 Å². The van der Waals surface area contributed by atoms with Crippen molar-refractivity contribution in [3.8, 4) is 0 Å². The number of carbonyl (C=O) groups is 1. The SMILES string of the molecule is O=C(c1cc2ncccc2o1)N(Cc1ccccc1)c1ccccc1. The highest BCUT2D eigenvalue weighted by Gasteiger charge is 2.22. The van der Waals surface area contributed by atoms with Crippen LogP contribution in [0.3, 0.4) is 0 Å². The van der Waals surface area contributed by atoms with Gasteiger partial charge in [-0.3, -0.25) is 9.78 Å². The van der Waals surface area contributed by atoms with E-state index in [0.29, 0.717) is 17.6 Å². The highest BCUT2D eigenvalue weighted by Crippen LogP contribution is 2.23. The van der Waals surface area contributed by atoms with Crippen LogP contribution in [0.4, 0.5) is 5.69 Å². The largest absolute Gasteiger partial charge is 0.449 e. The second-order valence-corrected chi connectivity index (χ2v) is 5.71. The number of anilines is 1. The molecule has 0 spiro atoms. The Morgan fingerprint density at radius 3 is 2.36 bits per heavy atom. The average molecular weight is 328 g/mol. The lowest BCUT2D eigenvalue weighted by atomic mass is 10.2. The first-order valence-corrected chi connectivity index (χ1v) is 8.07. The van der Waals surface area contributed by atoms with Gasteiger partial charge in [-0.25, -0.2) is 0 Å². The lowest BCUT2D eigenvalue weighted by molar-refractivity contribution is 0.0960. The predicted octanol–water partition coefficient (Wildman–Crippen LogP) is 4.67. The summed E-state index contributed by atoms with van der Waals surface area (Å²) in [7, 11) is 0. The third kappa shape index (κ3) is 3.15. The van der Waals surface area contributed by atoms with Crippen molar-refractivity contribution in [2.24, 2.45) is 0 Å². The lowest BCUT2D eigenvalue weighted by Crippen LogP contribution is -2.30. The zero-order valence-electron chi connectivity index (χ0n) is 13.5. The quantitative estimate of drug-likeness (QED) is 0.547. The highest BCUT2D eigenvalue weighted by atomic mass is 16.3. The first-order chi connectivity index (χ1) is 12.3. The predicted molar refractivity (Wildman–Crippen MR) is 97.4 cm³/mol. The summed E-state index contributed by atoms with van der Waals surface area (Å²) in [5.41, 5.74) is 3.16. The van der Waals surface area contributed by atoms with Gasteiger partial charge in [0, 0.05) is 18.0 Å². The van der Waals surface area contributed by atoms with E-state index in [9.17, 15) is 4.79 Å². The van der Waals surface area contributed by atoms with E-state index in [1.807, 2.05) is 66.7 Å². The van der Waals surface area contributed by atoms with Gasteiger partial charge in [0.2, 0.25) is 0 Å². The van der Waals surface area contributed by atoms with Gasteiger partial charge in [0.1, 0.15) is 5.52 Å². The molecule has 0 atom stereocenters. The Morgan fingerprint density at radius 1 is 0.920 bits per heavy atom. The van der Waals surface area contributed by atoms with E-state index in [1.165, 1.54) is 0 Å². The fraction of sp³-hybridized carbons (Fsp3) is 0.0476. The van der Waals surface area contributed by atoms with Crippen molar-refractivity contribution in [3.05, 3.63) is 96.4 Å². The molecule has 2 aromatic heterocycles. The molecule has 4 heteroatoms. The molecule has 4 rings (SSSR count). The van der Waals surface area contributed by atoms with Crippen LogP contribution >= 0.6 is 0 Å². The summed E-state index contributed by atoms with van der Waals surface area (Å²) in [6.45, 7) is 0.466. The molecule has 4 aromatic rings. The van der Waals surface area contributed by atoms with Crippen molar-refractivity contribution in [2.45, 2.75) is 6.54 Å². The number of benzene rings is 2. The molecule has 25 heavy (non-hydrogen) atoms. The molecule has 0 aliphatic heterocycles. The molecule has 1 amide bonds. The Balaban J connectivity index is 1.72. The zero-order chi connectivity index (χ0) is 17.1. The highest BCUT2D eigenvalue weighted by molar-refractivity contribution is 6.05. The lowest BCUT2D eigenvalue weighted by Gasteiger charge is -2.22. The molecule has 0 radical (unpaired) electrons. The van der Waals surface area contributed by atoms with E-state index in [-0.39, 0.29) is 11.7 Å². The number of nitrogens with zero attached hydrogens (tertiary/aromatic N) is 2. The monoisotopic (exact) mass is 328 g/mol. The third-order valence-electron chi connectivity index (χ3n) is 3.99. The Labute approximate surface area is 145 Å². The van der Waals surface area contributed by atoms with Crippen molar-refractivity contribution < 1.29 is 9.21 Å². The molecule has 2 heterocycles. The van der Waals surface area contributed by atoms with Crippen LogP contribution in [0.5, 0.6) is 0 Å². The number of para-hydroxylation sites is 1. The molecule has 4 nitrogen and oxygen atoms in total. The van der Waals surface area contributed by atoms with E-state index < -0.39 is 0 Å². The maximum Gasteiger partial charge on any atom is 0.294 e. The second kappa shape index (κ2) is 6.61. The van der Waals surface area contributed by atoms with Gasteiger partial charge in [0.15, 0.2) is 11.3 Å². The number of carbonyl (C=O) groups excluding carboxylic acids is 1. The molecule has 0 bridgehead atoms. The third-order valence-corrected chi connectivity index (χ3v) is 3.99. The number of hydrogen-bond acceptors (Lipinski definition) is 3. The van der Waals surface area contributed by atoms with E-state index >= 15 is 0 Å². The van der Waals surface area contributed by atoms with Gasteiger partial charge in [-0.15, -0.1) is 0 Å². The molecule has 0 unspecified atom stereocenters. The number of hydrogen-bond donors (Lipinski definition) is 0. The van der Waals surface area contributed by atoms with Gasteiger partial charge in [0.05, 0.1) is 6.54 Å². The number of rotatable bonds is 4. The minimum absolute atomic E-state index is 0.187. The Kier molecular flexibility index (Phi) is 4.01. The van der Waals surface area contributed by atoms with Gasteiger partial charge >= 0.3 is 0 Å². The minimum Gasteiger partial charge on any atom is -0.449 e. The summed E-state index contributed by atoms with van der Waals surface area (Å²) in [5, 5.41) is 0. The van der Waals surface area contributed by atoms with Crippen LogP contribution in [-0.2, 0) is 6.54 Å². The normalized spacial score (nSPS) is 10.7. The number of furan rings is 1. The van der Waals surface area contributed by atoms with Crippen LogP contribution in [0.1, 0.15) is 16.1 Å². The van der Waals surface area contributed by atoms with Crippen molar-refractivity contribution in [3.63, 3.8) is 0 Å². The summed E-state index contributed by atoms with van der Waals surface area (Å²) >= 11 is 0. The smallest absolute Gasteiger partial charge is 0.294 e. The standard InChI is InChI=1S/C21H16N2O2/c24-21(20-14-18-19(25-20)12-7-13-22-18)23(17-10-5-2-6-11-17)15-16-8-3-1-4-9-16/h1-14H,15H2. The topological polar surface area (TPSA) is 46.3 Å². The Bertz CT molecular complexity index is 961. The molecule has 0 saturated carbocycles. The Hall–Kier alpha value is -3.40. The van der Waals surface area contributed by atoms with Gasteiger partial charge in [-0.05, 0) is 29.8 Å². The summed E-state index contributed by atoms with van der Waals surface area (Å²) in [6.07, 6.45) is 1.69. The molecule has 0 saturated heterocycles. The average Bonchev–Trinajstić information content (AvgIpc) is 3.11. The van der Waals surface area contributed by atoms with Crippen molar-refractivity contribution in [2.75, 3.05) is 4.90 Å². The number of amides is 1. The fourth-order valence-corrected chi connectivity index (χ4v) is 2.76. The molecule has 122 valence electrons.